The van der Waals surface area contributed by atoms with Crippen LogP contribution in [0.1, 0.15) is 19.8 Å². The molecule has 0 heterocycles. The molecule has 0 spiro atoms. The van der Waals surface area contributed by atoms with Gasteiger partial charge in [0, 0.05) is 0 Å². The van der Waals surface area contributed by atoms with Crippen LogP contribution >= 0.6 is 20.2 Å². The van der Waals surface area contributed by atoms with E-state index in [4.69, 9.17) is 3.07 Å². The minimum absolute atomic E-state index is 0.880. The Bertz CT molecular complexity index is 402. The fourth-order valence-electron chi connectivity index (χ4n) is 1.59. The fraction of sp³-hybridized carbons (Fsp3) is 0.250. The van der Waals surface area contributed by atoms with E-state index in [-0.39, 0.29) is 0 Å². The summed E-state index contributed by atoms with van der Waals surface area (Å²) >= 11 is -1.68. The van der Waals surface area contributed by atoms with Gasteiger partial charge < -0.3 is 0 Å². The zero-order valence-corrected chi connectivity index (χ0v) is 12.8. The number of rotatable bonds is 6. The van der Waals surface area contributed by atoms with Crippen LogP contribution in [0, 0.1) is 7.14 Å². The maximum atomic E-state index is 6.21. The molecule has 2 rings (SSSR count). The van der Waals surface area contributed by atoms with Gasteiger partial charge in [0.25, 0.3) is 0 Å². The molecule has 0 aliphatic rings. The molecule has 0 amide bonds. The van der Waals surface area contributed by atoms with Crippen molar-refractivity contribution in [2.45, 2.75) is 19.8 Å². The van der Waals surface area contributed by atoms with Crippen molar-refractivity contribution in [2.24, 2.45) is 0 Å². The number of benzene rings is 2. The Labute approximate surface area is 117 Å². The van der Waals surface area contributed by atoms with Gasteiger partial charge in [-0.1, -0.05) is 0 Å². The van der Waals surface area contributed by atoms with Crippen molar-refractivity contribution >= 4 is 20.2 Å². The van der Waals surface area contributed by atoms with Gasteiger partial charge in [0.05, 0.1) is 0 Å². The Hall–Kier alpha value is -0.870. The van der Waals surface area contributed by atoms with E-state index in [9.17, 15) is 0 Å². The Balaban J connectivity index is 2.18. The van der Waals surface area contributed by atoms with Crippen LogP contribution < -0.4 is 0 Å². The zero-order chi connectivity index (χ0) is 12.6. The standard InChI is InChI=1S/C16H19IO/c1-2-3-14-18-17(15-10-6-4-7-11-15)16-12-8-5-9-13-16/h4-13H,2-3,14H2,1H3. The first-order valence-electron chi connectivity index (χ1n) is 6.35. The monoisotopic (exact) mass is 354 g/mol. The predicted molar refractivity (Wildman–Crippen MR) is 85.2 cm³/mol. The SMILES string of the molecule is CCCCOI(c1ccccc1)c1ccccc1. The Morgan fingerprint density at radius 1 is 0.833 bits per heavy atom. The van der Waals surface area contributed by atoms with Crippen LogP contribution in [0.3, 0.4) is 0 Å². The number of halogens is 1. The van der Waals surface area contributed by atoms with Gasteiger partial charge in [-0.05, 0) is 0 Å². The molecule has 2 aromatic rings. The van der Waals surface area contributed by atoms with E-state index >= 15 is 0 Å². The summed E-state index contributed by atoms with van der Waals surface area (Å²) in [6.45, 7) is 3.08. The first-order valence-corrected chi connectivity index (χ1v) is 9.39. The van der Waals surface area contributed by atoms with Crippen molar-refractivity contribution in [1.82, 2.24) is 0 Å². The average molecular weight is 354 g/mol. The molecule has 0 atom stereocenters. The molecule has 0 N–H and O–H groups in total. The van der Waals surface area contributed by atoms with Crippen molar-refractivity contribution in [3.63, 3.8) is 0 Å². The topological polar surface area (TPSA) is 9.23 Å². The summed E-state index contributed by atoms with van der Waals surface area (Å²) in [6.07, 6.45) is 2.33. The molecule has 96 valence electrons. The van der Waals surface area contributed by atoms with Crippen LogP contribution in [0.5, 0.6) is 0 Å². The van der Waals surface area contributed by atoms with E-state index in [1.807, 2.05) is 0 Å². The minimum atomic E-state index is -1.68. The van der Waals surface area contributed by atoms with Gasteiger partial charge in [0.1, 0.15) is 0 Å². The molecule has 0 fully saturated rings. The van der Waals surface area contributed by atoms with E-state index in [0.717, 1.165) is 13.0 Å². The van der Waals surface area contributed by atoms with Crippen LogP contribution in [0.2, 0.25) is 0 Å². The molecule has 0 aliphatic carbocycles. The summed E-state index contributed by atoms with van der Waals surface area (Å²) in [5.74, 6) is 0. The third-order valence-electron chi connectivity index (χ3n) is 2.55. The molecule has 1 nitrogen and oxygen atoms in total. The van der Waals surface area contributed by atoms with E-state index in [2.05, 4.69) is 67.6 Å². The molecule has 0 aromatic heterocycles. The summed E-state index contributed by atoms with van der Waals surface area (Å²) < 4.78 is 8.97. The van der Waals surface area contributed by atoms with E-state index in [1.165, 1.54) is 13.6 Å². The molecule has 0 saturated heterocycles. The second-order valence-electron chi connectivity index (χ2n) is 4.01. The number of unbranched alkanes of at least 4 members (excludes halogenated alkanes) is 1. The normalized spacial score (nSPS) is 11.3. The summed E-state index contributed by atoms with van der Waals surface area (Å²) in [5, 5.41) is 0. The van der Waals surface area contributed by atoms with Crippen LogP contribution in [-0.4, -0.2) is 6.61 Å². The summed E-state index contributed by atoms with van der Waals surface area (Å²) in [4.78, 5) is 0. The van der Waals surface area contributed by atoms with Gasteiger partial charge >= 0.3 is 117 Å². The quantitative estimate of drug-likeness (QED) is 0.526. The second kappa shape index (κ2) is 7.54. The summed E-state index contributed by atoms with van der Waals surface area (Å²) in [7, 11) is 0. The molecule has 0 saturated carbocycles. The van der Waals surface area contributed by atoms with Gasteiger partial charge in [0.2, 0.25) is 0 Å². The summed E-state index contributed by atoms with van der Waals surface area (Å²) in [6, 6.07) is 21.3. The Morgan fingerprint density at radius 2 is 1.33 bits per heavy atom. The number of hydrogen-bond acceptors (Lipinski definition) is 1. The average Bonchev–Trinajstić information content (AvgIpc) is 2.46. The van der Waals surface area contributed by atoms with Gasteiger partial charge in [-0.25, -0.2) is 0 Å². The molecular weight excluding hydrogens is 335 g/mol. The summed E-state index contributed by atoms with van der Waals surface area (Å²) in [5.41, 5.74) is 0. The number of hydrogen-bond donors (Lipinski definition) is 0. The maximum absolute atomic E-state index is 6.21. The van der Waals surface area contributed by atoms with Crippen molar-refractivity contribution in [3.8, 4) is 0 Å². The molecule has 0 radical (unpaired) electrons. The van der Waals surface area contributed by atoms with Gasteiger partial charge in [0.15, 0.2) is 0 Å². The molecule has 18 heavy (non-hydrogen) atoms. The van der Waals surface area contributed by atoms with Crippen LogP contribution in [0.25, 0.3) is 0 Å². The molecule has 2 aromatic carbocycles. The van der Waals surface area contributed by atoms with Crippen molar-refractivity contribution < 1.29 is 3.07 Å². The predicted octanol–water partition coefficient (Wildman–Crippen LogP) is 4.96. The first kappa shape index (κ1) is 13.6. The van der Waals surface area contributed by atoms with Crippen molar-refractivity contribution in [2.75, 3.05) is 6.61 Å². The molecule has 0 unspecified atom stereocenters. The fourth-order valence-corrected chi connectivity index (χ4v) is 5.91. The van der Waals surface area contributed by atoms with Gasteiger partial charge in [-0.2, -0.15) is 0 Å². The van der Waals surface area contributed by atoms with Crippen LogP contribution in [0.15, 0.2) is 60.7 Å². The van der Waals surface area contributed by atoms with E-state index in [0.29, 0.717) is 0 Å². The first-order chi connectivity index (χ1) is 8.92. The molecule has 2 heteroatoms. The van der Waals surface area contributed by atoms with Crippen LogP contribution in [0.4, 0.5) is 0 Å². The van der Waals surface area contributed by atoms with E-state index in [1.54, 1.807) is 0 Å². The van der Waals surface area contributed by atoms with Crippen LogP contribution in [-0.2, 0) is 3.07 Å². The third-order valence-corrected chi connectivity index (χ3v) is 7.31. The molecule has 0 bridgehead atoms. The second-order valence-corrected chi connectivity index (χ2v) is 8.54. The zero-order valence-electron chi connectivity index (χ0n) is 10.7. The van der Waals surface area contributed by atoms with Gasteiger partial charge in [-0.3, -0.25) is 0 Å². The Kier molecular flexibility index (Phi) is 5.68. The molecular formula is C16H19IO. The van der Waals surface area contributed by atoms with Crippen molar-refractivity contribution in [1.29, 1.82) is 0 Å². The van der Waals surface area contributed by atoms with Gasteiger partial charge in [-0.15, -0.1) is 0 Å². The Morgan fingerprint density at radius 3 is 1.78 bits per heavy atom. The molecule has 0 aliphatic heterocycles. The van der Waals surface area contributed by atoms with E-state index < -0.39 is 20.2 Å². The third kappa shape index (κ3) is 3.82. The van der Waals surface area contributed by atoms with Crippen molar-refractivity contribution in [3.05, 3.63) is 67.8 Å².